The Kier molecular flexibility index (Phi) is 8.24. The maximum atomic E-state index is 13.5. The first kappa shape index (κ1) is 28.8. The van der Waals surface area contributed by atoms with Gasteiger partial charge in [-0.2, -0.15) is 13.2 Å². The zero-order chi connectivity index (χ0) is 29.2. The summed E-state index contributed by atoms with van der Waals surface area (Å²) in [6, 6.07) is 9.23. The third kappa shape index (κ3) is 6.31. The van der Waals surface area contributed by atoms with Crippen molar-refractivity contribution in [3.63, 3.8) is 0 Å². The second-order valence-corrected chi connectivity index (χ2v) is 9.72. The SMILES string of the molecule is CNCCCn1ccc(-c2cc3c(NC(C)c4cc(C(=O)O)cc(C(F)(F)F)c4)nc(C)nc3cc2C)cc1=O. The highest BCUT2D eigenvalue weighted by atomic mass is 19.4. The highest BCUT2D eigenvalue weighted by molar-refractivity contribution is 5.94. The van der Waals surface area contributed by atoms with Gasteiger partial charge in [-0.05, 0) is 99.4 Å². The average molecular weight is 554 g/mol. The first-order valence-electron chi connectivity index (χ1n) is 12.7. The highest BCUT2D eigenvalue weighted by Gasteiger charge is 2.32. The molecular formula is C29H30F3N5O3. The lowest BCUT2D eigenvalue weighted by atomic mass is 9.98. The minimum atomic E-state index is -4.70. The van der Waals surface area contributed by atoms with Crippen LogP contribution in [0.25, 0.3) is 22.0 Å². The molecule has 0 bridgehead atoms. The van der Waals surface area contributed by atoms with E-state index in [9.17, 15) is 27.9 Å². The number of aromatic carboxylic acids is 1. The zero-order valence-corrected chi connectivity index (χ0v) is 22.6. The molecule has 0 aliphatic carbocycles. The molecule has 3 N–H and O–H groups in total. The summed E-state index contributed by atoms with van der Waals surface area (Å²) >= 11 is 0. The van der Waals surface area contributed by atoms with E-state index in [0.29, 0.717) is 35.2 Å². The summed E-state index contributed by atoms with van der Waals surface area (Å²) in [6.45, 7) is 6.64. The number of carbonyl (C=O) groups is 1. The number of alkyl halides is 3. The number of halogens is 3. The second kappa shape index (κ2) is 11.5. The van der Waals surface area contributed by atoms with Gasteiger partial charge in [-0.3, -0.25) is 4.79 Å². The van der Waals surface area contributed by atoms with Gasteiger partial charge in [0.1, 0.15) is 11.6 Å². The summed E-state index contributed by atoms with van der Waals surface area (Å²) in [5.74, 6) is -0.619. The lowest BCUT2D eigenvalue weighted by molar-refractivity contribution is -0.137. The van der Waals surface area contributed by atoms with Crippen LogP contribution >= 0.6 is 0 Å². The van der Waals surface area contributed by atoms with E-state index < -0.39 is 29.3 Å². The molecule has 0 fully saturated rings. The molecule has 0 aliphatic rings. The van der Waals surface area contributed by atoms with Crippen molar-refractivity contribution in [3.05, 3.63) is 87.1 Å². The maximum Gasteiger partial charge on any atom is 0.416 e. The van der Waals surface area contributed by atoms with Crippen molar-refractivity contribution in [2.75, 3.05) is 18.9 Å². The highest BCUT2D eigenvalue weighted by Crippen LogP contribution is 2.35. The number of pyridine rings is 1. The predicted octanol–water partition coefficient (Wildman–Crippen LogP) is 5.57. The molecule has 0 saturated carbocycles. The minimum Gasteiger partial charge on any atom is -0.478 e. The Balaban J connectivity index is 1.75. The Bertz CT molecular complexity index is 1630. The van der Waals surface area contributed by atoms with Gasteiger partial charge in [0.25, 0.3) is 5.56 Å². The predicted molar refractivity (Wildman–Crippen MR) is 148 cm³/mol. The van der Waals surface area contributed by atoms with Gasteiger partial charge in [0.2, 0.25) is 0 Å². The van der Waals surface area contributed by atoms with Crippen LogP contribution in [0.1, 0.15) is 52.3 Å². The van der Waals surface area contributed by atoms with Crippen molar-refractivity contribution < 1.29 is 23.1 Å². The molecule has 8 nitrogen and oxygen atoms in total. The standard InChI is InChI=1S/C29H30F3N5O3/c1-16-10-25-24(15-23(16)19-6-9-37(26(38)14-19)8-5-7-33-4)27(36-18(3)35-25)34-17(2)20-11-21(28(39)40)13-22(12-20)29(30,31)32/h6,9-15,17,33H,5,7-8H2,1-4H3,(H,39,40)(H,34,35,36). The van der Waals surface area contributed by atoms with E-state index in [1.54, 1.807) is 30.7 Å². The van der Waals surface area contributed by atoms with Crippen LogP contribution in [0, 0.1) is 13.8 Å². The van der Waals surface area contributed by atoms with E-state index in [2.05, 4.69) is 20.6 Å². The van der Waals surface area contributed by atoms with Crippen LogP contribution < -0.4 is 16.2 Å². The molecule has 40 heavy (non-hydrogen) atoms. The molecule has 11 heteroatoms. The lowest BCUT2D eigenvalue weighted by Crippen LogP contribution is -2.21. The van der Waals surface area contributed by atoms with E-state index in [4.69, 9.17) is 0 Å². The topological polar surface area (TPSA) is 109 Å². The molecule has 0 aliphatic heterocycles. The summed E-state index contributed by atoms with van der Waals surface area (Å²) in [5, 5.41) is 16.2. The van der Waals surface area contributed by atoms with Crippen molar-refractivity contribution in [3.8, 4) is 11.1 Å². The van der Waals surface area contributed by atoms with Crippen LogP contribution in [0.15, 0.2) is 53.5 Å². The van der Waals surface area contributed by atoms with Crippen LogP contribution in [-0.2, 0) is 12.7 Å². The van der Waals surface area contributed by atoms with Gasteiger partial charge in [-0.15, -0.1) is 0 Å². The van der Waals surface area contributed by atoms with Crippen molar-refractivity contribution in [2.45, 2.75) is 46.0 Å². The molecule has 4 rings (SSSR count). The van der Waals surface area contributed by atoms with Crippen LogP contribution in [0.3, 0.4) is 0 Å². The first-order valence-corrected chi connectivity index (χ1v) is 12.7. The van der Waals surface area contributed by atoms with Gasteiger partial charge >= 0.3 is 12.1 Å². The Morgan fingerprint density at radius 1 is 1.10 bits per heavy atom. The summed E-state index contributed by atoms with van der Waals surface area (Å²) < 4.78 is 42.1. The lowest BCUT2D eigenvalue weighted by Gasteiger charge is -2.20. The van der Waals surface area contributed by atoms with Crippen molar-refractivity contribution >= 4 is 22.7 Å². The number of nitrogens with one attached hydrogen (secondary N) is 2. The third-order valence-electron chi connectivity index (χ3n) is 6.67. The molecule has 2 heterocycles. The van der Waals surface area contributed by atoms with Gasteiger partial charge in [0.05, 0.1) is 22.7 Å². The van der Waals surface area contributed by atoms with E-state index in [-0.39, 0.29) is 11.1 Å². The van der Waals surface area contributed by atoms with E-state index in [0.717, 1.165) is 35.7 Å². The molecule has 1 atom stereocenters. The largest absolute Gasteiger partial charge is 0.478 e. The number of fused-ring (bicyclic) bond motifs is 1. The quantitative estimate of drug-likeness (QED) is 0.232. The van der Waals surface area contributed by atoms with Crippen molar-refractivity contribution in [1.82, 2.24) is 19.9 Å². The number of aryl methyl sites for hydroxylation is 3. The molecule has 1 unspecified atom stereocenters. The molecule has 4 aromatic rings. The van der Waals surface area contributed by atoms with Gasteiger partial charge in [-0.25, -0.2) is 14.8 Å². The summed E-state index contributed by atoms with van der Waals surface area (Å²) in [6.07, 6.45) is -2.13. The Labute approximate surface area is 228 Å². The molecule has 2 aromatic carbocycles. The monoisotopic (exact) mass is 553 g/mol. The number of anilines is 1. The van der Waals surface area contributed by atoms with Gasteiger partial charge in [0, 0.05) is 24.2 Å². The fourth-order valence-electron chi connectivity index (χ4n) is 4.58. The number of hydrogen-bond acceptors (Lipinski definition) is 6. The van der Waals surface area contributed by atoms with E-state index >= 15 is 0 Å². The average Bonchev–Trinajstić information content (AvgIpc) is 2.88. The van der Waals surface area contributed by atoms with Crippen LogP contribution in [-0.4, -0.2) is 39.2 Å². The van der Waals surface area contributed by atoms with Crippen LogP contribution in [0.2, 0.25) is 0 Å². The van der Waals surface area contributed by atoms with Crippen LogP contribution in [0.5, 0.6) is 0 Å². The number of aromatic nitrogens is 3. The number of carboxylic acids is 1. The Morgan fingerprint density at radius 3 is 2.50 bits per heavy atom. The second-order valence-electron chi connectivity index (χ2n) is 9.72. The first-order chi connectivity index (χ1) is 18.9. The molecule has 0 radical (unpaired) electrons. The minimum absolute atomic E-state index is 0.126. The molecule has 0 saturated heterocycles. The fourth-order valence-corrected chi connectivity index (χ4v) is 4.58. The van der Waals surface area contributed by atoms with Crippen LogP contribution in [0.4, 0.5) is 19.0 Å². The van der Waals surface area contributed by atoms with Crippen molar-refractivity contribution in [1.29, 1.82) is 0 Å². The molecule has 2 aromatic heterocycles. The fraction of sp³-hybridized carbons (Fsp3) is 0.310. The normalized spacial score (nSPS) is 12.5. The smallest absolute Gasteiger partial charge is 0.416 e. The number of hydrogen-bond donors (Lipinski definition) is 3. The Hall–Kier alpha value is -4.25. The molecule has 210 valence electrons. The summed E-state index contributed by atoms with van der Waals surface area (Å²) in [7, 11) is 1.86. The zero-order valence-electron chi connectivity index (χ0n) is 22.6. The van der Waals surface area contributed by atoms with E-state index in [1.807, 2.05) is 32.2 Å². The molecular weight excluding hydrogens is 523 g/mol. The maximum absolute atomic E-state index is 13.5. The number of nitrogens with zero attached hydrogens (tertiary/aromatic N) is 3. The number of benzene rings is 2. The Morgan fingerprint density at radius 2 is 1.85 bits per heavy atom. The van der Waals surface area contributed by atoms with Gasteiger partial charge in [0.15, 0.2) is 0 Å². The summed E-state index contributed by atoms with van der Waals surface area (Å²) in [5.41, 5.74) is 1.55. The summed E-state index contributed by atoms with van der Waals surface area (Å²) in [4.78, 5) is 33.3. The van der Waals surface area contributed by atoms with Gasteiger partial charge in [-0.1, -0.05) is 0 Å². The number of rotatable bonds is 9. The third-order valence-corrected chi connectivity index (χ3v) is 6.67. The molecule has 0 amide bonds. The van der Waals surface area contributed by atoms with Gasteiger partial charge < -0.3 is 20.3 Å². The van der Waals surface area contributed by atoms with Crippen molar-refractivity contribution in [2.24, 2.45) is 0 Å². The molecule has 0 spiro atoms. The number of carboxylic acid groups (broad SMARTS) is 1. The van der Waals surface area contributed by atoms with E-state index in [1.165, 1.54) is 6.07 Å².